The third-order valence-electron chi connectivity index (χ3n) is 6.70. The molecule has 1 saturated heterocycles. The molecule has 4 rings (SSSR count). The number of piperidine rings is 1. The smallest absolute Gasteiger partial charge is 0.303 e. The maximum absolute atomic E-state index is 13.7. The van der Waals surface area contributed by atoms with Crippen LogP contribution in [0.4, 0.5) is 0 Å². The molecule has 0 bridgehead atoms. The number of carbonyl (C=O) groups excluding carboxylic acids is 1. The predicted octanol–water partition coefficient (Wildman–Crippen LogP) is 4.20. The van der Waals surface area contributed by atoms with E-state index in [1.807, 2.05) is 18.2 Å². The highest BCUT2D eigenvalue weighted by Gasteiger charge is 2.32. The van der Waals surface area contributed by atoms with Crippen LogP contribution >= 0.6 is 11.6 Å². The fourth-order valence-corrected chi connectivity index (χ4v) is 6.50. The fraction of sp³-hybridized carbons (Fsp3) is 0.385. The van der Waals surface area contributed by atoms with E-state index in [4.69, 9.17) is 16.7 Å². The lowest BCUT2D eigenvalue weighted by Crippen LogP contribution is -2.51. The second kappa shape index (κ2) is 11.5. The van der Waals surface area contributed by atoms with Crippen molar-refractivity contribution in [1.29, 1.82) is 0 Å². The lowest BCUT2D eigenvalue weighted by atomic mass is 9.92. The van der Waals surface area contributed by atoms with Gasteiger partial charge in [-0.3, -0.25) is 9.59 Å². The first kappa shape index (κ1) is 26.2. The zero-order chi connectivity index (χ0) is 25.7. The van der Waals surface area contributed by atoms with E-state index in [9.17, 15) is 18.0 Å². The molecule has 10 heteroatoms. The van der Waals surface area contributed by atoms with Crippen molar-refractivity contribution in [2.45, 2.75) is 49.5 Å². The van der Waals surface area contributed by atoms with Crippen molar-refractivity contribution in [1.82, 2.24) is 14.6 Å². The number of likely N-dealkylation sites (tertiary alicyclic amines) is 1. The van der Waals surface area contributed by atoms with Crippen LogP contribution in [0.2, 0.25) is 5.02 Å². The number of carboxylic acids is 1. The van der Waals surface area contributed by atoms with Crippen molar-refractivity contribution in [2.24, 2.45) is 5.92 Å². The summed E-state index contributed by atoms with van der Waals surface area (Å²) >= 11 is 6.31. The van der Waals surface area contributed by atoms with Gasteiger partial charge in [-0.2, -0.15) is 4.72 Å². The molecule has 3 N–H and O–H groups in total. The van der Waals surface area contributed by atoms with Crippen molar-refractivity contribution in [3.63, 3.8) is 0 Å². The number of aromatic amines is 1. The number of carbonyl (C=O) groups is 2. The van der Waals surface area contributed by atoms with Crippen LogP contribution in [-0.2, 0) is 26.0 Å². The highest BCUT2D eigenvalue weighted by atomic mass is 35.5. The Morgan fingerprint density at radius 1 is 1.17 bits per heavy atom. The number of fused-ring (bicyclic) bond motifs is 1. The second-order valence-electron chi connectivity index (χ2n) is 9.22. The summed E-state index contributed by atoms with van der Waals surface area (Å²) in [5.41, 5.74) is 1.52. The summed E-state index contributed by atoms with van der Waals surface area (Å²) in [7, 11) is -4.02. The van der Waals surface area contributed by atoms with Crippen molar-refractivity contribution >= 4 is 44.4 Å². The molecule has 2 atom stereocenters. The Morgan fingerprint density at radius 3 is 2.75 bits per heavy atom. The van der Waals surface area contributed by atoms with Crippen LogP contribution in [0, 0.1) is 5.92 Å². The highest BCUT2D eigenvalue weighted by molar-refractivity contribution is 7.89. The standard InChI is InChI=1S/C26H30ClN3O5S/c27-21-7-2-1-6-19(21)11-12-23(26(33)30-16-4-5-18(17-30)10-13-25(31)32)29-36(34,35)24-9-3-8-22-20(24)14-15-28-22/h1-3,6-9,14-15,18,23,28-29H,4-5,10-13,16-17H2,(H,31,32). The number of aromatic nitrogens is 1. The first-order valence-corrected chi connectivity index (χ1v) is 13.9. The summed E-state index contributed by atoms with van der Waals surface area (Å²) in [5, 5.41) is 10.1. The summed E-state index contributed by atoms with van der Waals surface area (Å²) in [5.74, 6) is -1.08. The lowest BCUT2D eigenvalue weighted by Gasteiger charge is -2.35. The number of rotatable bonds is 10. The molecule has 1 aliphatic rings. The summed E-state index contributed by atoms with van der Waals surface area (Å²) in [6.45, 7) is 0.934. The number of sulfonamides is 1. The van der Waals surface area contributed by atoms with Gasteiger partial charge in [-0.1, -0.05) is 35.9 Å². The van der Waals surface area contributed by atoms with Crippen molar-refractivity contribution < 1.29 is 23.1 Å². The van der Waals surface area contributed by atoms with Crippen molar-refractivity contribution in [3.8, 4) is 0 Å². The Balaban J connectivity index is 1.57. The van der Waals surface area contributed by atoms with E-state index in [0.29, 0.717) is 41.9 Å². The van der Waals surface area contributed by atoms with Gasteiger partial charge in [-0.15, -0.1) is 0 Å². The number of nitrogens with zero attached hydrogens (tertiary/aromatic N) is 1. The summed E-state index contributed by atoms with van der Waals surface area (Å²) in [6, 6.07) is 13.0. The van der Waals surface area contributed by atoms with Gasteiger partial charge in [0.2, 0.25) is 15.9 Å². The first-order valence-electron chi connectivity index (χ1n) is 12.1. The molecule has 36 heavy (non-hydrogen) atoms. The Labute approximate surface area is 215 Å². The number of H-pyrrole nitrogens is 1. The first-order chi connectivity index (χ1) is 17.2. The maximum Gasteiger partial charge on any atom is 0.303 e. The molecule has 0 radical (unpaired) electrons. The van der Waals surface area contributed by atoms with E-state index in [1.165, 1.54) is 6.07 Å². The van der Waals surface area contributed by atoms with Gasteiger partial charge in [0.15, 0.2) is 0 Å². The molecule has 2 heterocycles. The van der Waals surface area contributed by atoms with Gasteiger partial charge in [0.1, 0.15) is 6.04 Å². The number of benzene rings is 2. The minimum Gasteiger partial charge on any atom is -0.481 e. The minimum atomic E-state index is -4.02. The molecular formula is C26H30ClN3O5S. The molecule has 192 valence electrons. The van der Waals surface area contributed by atoms with E-state index in [0.717, 1.165) is 18.4 Å². The van der Waals surface area contributed by atoms with Crippen LogP contribution in [0.1, 0.15) is 37.7 Å². The zero-order valence-corrected chi connectivity index (χ0v) is 21.4. The molecule has 0 spiro atoms. The number of hydrogen-bond acceptors (Lipinski definition) is 4. The van der Waals surface area contributed by atoms with Crippen LogP contribution in [0.15, 0.2) is 59.6 Å². The third kappa shape index (κ3) is 6.27. The molecule has 3 aromatic rings. The van der Waals surface area contributed by atoms with Gasteiger partial charge in [-0.05, 0) is 67.9 Å². The van der Waals surface area contributed by atoms with E-state index in [-0.39, 0.29) is 29.6 Å². The van der Waals surface area contributed by atoms with Crippen LogP contribution in [0.25, 0.3) is 10.9 Å². The Hall–Kier alpha value is -2.88. The normalized spacial score (nSPS) is 17.2. The minimum absolute atomic E-state index is 0.0515. The number of aliphatic carboxylic acids is 1. The van der Waals surface area contributed by atoms with E-state index < -0.39 is 22.0 Å². The number of aryl methyl sites for hydroxylation is 1. The molecule has 1 aliphatic heterocycles. The molecule has 0 saturated carbocycles. The van der Waals surface area contributed by atoms with Crippen molar-refractivity contribution in [3.05, 3.63) is 65.3 Å². The number of amides is 1. The molecule has 1 amide bonds. The van der Waals surface area contributed by atoms with Crippen LogP contribution in [0.3, 0.4) is 0 Å². The molecule has 8 nitrogen and oxygen atoms in total. The van der Waals surface area contributed by atoms with Gasteiger partial charge >= 0.3 is 5.97 Å². The number of carboxylic acid groups (broad SMARTS) is 1. The second-order valence-corrected chi connectivity index (χ2v) is 11.3. The van der Waals surface area contributed by atoms with E-state index in [2.05, 4.69) is 9.71 Å². The van der Waals surface area contributed by atoms with E-state index >= 15 is 0 Å². The topological polar surface area (TPSA) is 120 Å². The molecule has 2 aromatic carbocycles. The van der Waals surface area contributed by atoms with Gasteiger partial charge in [0.05, 0.1) is 4.90 Å². The number of hydrogen-bond donors (Lipinski definition) is 3. The molecule has 1 fully saturated rings. The SMILES string of the molecule is O=C(O)CCC1CCCN(C(=O)C(CCc2ccccc2Cl)NS(=O)(=O)c2cccc3[nH]ccc23)C1. The lowest BCUT2D eigenvalue weighted by molar-refractivity contribution is -0.137. The molecule has 2 unspecified atom stereocenters. The summed E-state index contributed by atoms with van der Waals surface area (Å²) in [4.78, 5) is 29.5. The number of halogens is 1. The molecule has 0 aliphatic carbocycles. The highest BCUT2D eigenvalue weighted by Crippen LogP contribution is 2.25. The average Bonchev–Trinajstić information content (AvgIpc) is 3.35. The third-order valence-corrected chi connectivity index (χ3v) is 8.60. The van der Waals surface area contributed by atoms with Crippen LogP contribution in [0.5, 0.6) is 0 Å². The van der Waals surface area contributed by atoms with Gasteiger partial charge in [0, 0.05) is 41.6 Å². The molecule has 1 aromatic heterocycles. The largest absolute Gasteiger partial charge is 0.481 e. The monoisotopic (exact) mass is 531 g/mol. The Morgan fingerprint density at radius 2 is 1.97 bits per heavy atom. The van der Waals surface area contributed by atoms with Gasteiger partial charge in [0.25, 0.3) is 0 Å². The fourth-order valence-electron chi connectivity index (χ4n) is 4.82. The Bertz CT molecular complexity index is 1340. The predicted molar refractivity (Wildman–Crippen MR) is 138 cm³/mol. The van der Waals surface area contributed by atoms with Gasteiger partial charge < -0.3 is 15.0 Å². The zero-order valence-electron chi connectivity index (χ0n) is 19.8. The summed E-state index contributed by atoms with van der Waals surface area (Å²) < 4.78 is 29.6. The van der Waals surface area contributed by atoms with E-state index in [1.54, 1.807) is 35.4 Å². The van der Waals surface area contributed by atoms with Crippen molar-refractivity contribution in [2.75, 3.05) is 13.1 Å². The maximum atomic E-state index is 13.7. The quantitative estimate of drug-likeness (QED) is 0.362. The van der Waals surface area contributed by atoms with Crippen LogP contribution < -0.4 is 4.72 Å². The van der Waals surface area contributed by atoms with Crippen LogP contribution in [-0.4, -0.2) is 54.4 Å². The number of nitrogens with one attached hydrogen (secondary N) is 2. The summed E-state index contributed by atoms with van der Waals surface area (Å²) in [6.07, 6.45) is 4.48. The Kier molecular flexibility index (Phi) is 8.33. The molecular weight excluding hydrogens is 502 g/mol. The average molecular weight is 532 g/mol. The van der Waals surface area contributed by atoms with Gasteiger partial charge in [-0.25, -0.2) is 8.42 Å².